The second-order valence-corrected chi connectivity index (χ2v) is 6.17. The van der Waals surface area contributed by atoms with Gasteiger partial charge in [-0.2, -0.15) is 0 Å². The summed E-state index contributed by atoms with van der Waals surface area (Å²) in [7, 11) is 0. The predicted molar refractivity (Wildman–Crippen MR) is 85.5 cm³/mol. The van der Waals surface area contributed by atoms with Gasteiger partial charge < -0.3 is 19.2 Å². The third-order valence-electron chi connectivity index (χ3n) is 4.73. The van der Waals surface area contributed by atoms with Crippen LogP contribution in [0.25, 0.3) is 0 Å². The Hall–Kier alpha value is -1.37. The van der Waals surface area contributed by atoms with E-state index in [2.05, 4.69) is 10.2 Å². The van der Waals surface area contributed by atoms with Gasteiger partial charge in [-0.25, -0.2) is 0 Å². The highest BCUT2D eigenvalue weighted by Crippen LogP contribution is 2.22. The van der Waals surface area contributed by atoms with E-state index in [1.54, 1.807) is 6.07 Å². The minimum atomic E-state index is -0.137. The zero-order valence-corrected chi connectivity index (χ0v) is 13.8. The summed E-state index contributed by atoms with van der Waals surface area (Å²) in [6, 6.07) is 3.90. The molecule has 2 aliphatic heterocycles. The van der Waals surface area contributed by atoms with Crippen molar-refractivity contribution in [3.05, 3.63) is 23.7 Å². The van der Waals surface area contributed by atoms with Crippen LogP contribution in [0.4, 0.5) is 0 Å². The molecule has 128 valence electrons. The highest BCUT2D eigenvalue weighted by atomic mass is 16.5. The lowest BCUT2D eigenvalue weighted by Gasteiger charge is -2.37. The highest BCUT2D eigenvalue weighted by molar-refractivity contribution is 5.91. The fourth-order valence-electron chi connectivity index (χ4n) is 3.33. The summed E-state index contributed by atoms with van der Waals surface area (Å²) in [5, 5.41) is 3.04. The fourth-order valence-corrected chi connectivity index (χ4v) is 3.33. The molecule has 0 unspecified atom stereocenters. The lowest BCUT2D eigenvalue weighted by atomic mass is 9.97. The van der Waals surface area contributed by atoms with E-state index in [9.17, 15) is 4.79 Å². The van der Waals surface area contributed by atoms with Crippen molar-refractivity contribution in [2.75, 3.05) is 46.1 Å². The predicted octanol–water partition coefficient (Wildman–Crippen LogP) is 1.31. The van der Waals surface area contributed by atoms with E-state index < -0.39 is 0 Å². The molecule has 6 heteroatoms. The van der Waals surface area contributed by atoms with Crippen molar-refractivity contribution in [3.63, 3.8) is 0 Å². The van der Waals surface area contributed by atoms with Gasteiger partial charge in [0.05, 0.1) is 19.8 Å². The fraction of sp³-hybridized carbons (Fsp3) is 0.706. The molecule has 3 rings (SSSR count). The van der Waals surface area contributed by atoms with Crippen LogP contribution in [0.5, 0.6) is 0 Å². The molecule has 2 aliphatic rings. The maximum absolute atomic E-state index is 12.3. The number of furan rings is 1. The molecule has 2 saturated heterocycles. The lowest BCUT2D eigenvalue weighted by molar-refractivity contribution is 0.00159. The van der Waals surface area contributed by atoms with Gasteiger partial charge >= 0.3 is 0 Å². The molecule has 2 atom stereocenters. The highest BCUT2D eigenvalue weighted by Gasteiger charge is 2.32. The molecule has 1 amide bonds. The second kappa shape index (κ2) is 7.95. The van der Waals surface area contributed by atoms with E-state index in [4.69, 9.17) is 13.9 Å². The molecule has 2 fully saturated rings. The Morgan fingerprint density at radius 1 is 1.30 bits per heavy atom. The maximum atomic E-state index is 12.3. The second-order valence-electron chi connectivity index (χ2n) is 6.17. The number of amides is 1. The average molecular weight is 322 g/mol. The lowest BCUT2D eigenvalue weighted by Crippen LogP contribution is -2.52. The van der Waals surface area contributed by atoms with Crippen molar-refractivity contribution in [1.29, 1.82) is 0 Å². The number of carbonyl (C=O) groups excluding carboxylic acids is 1. The number of nitrogens with one attached hydrogen (secondary N) is 1. The summed E-state index contributed by atoms with van der Waals surface area (Å²) in [5.41, 5.74) is 0. The first kappa shape index (κ1) is 16.5. The van der Waals surface area contributed by atoms with Crippen molar-refractivity contribution in [3.8, 4) is 0 Å². The number of hydrogen-bond donors (Lipinski definition) is 1. The molecular weight excluding hydrogens is 296 g/mol. The number of morpholine rings is 1. The van der Waals surface area contributed by atoms with Crippen LogP contribution in [-0.4, -0.2) is 62.9 Å². The summed E-state index contributed by atoms with van der Waals surface area (Å²) in [5.74, 6) is 1.56. The van der Waals surface area contributed by atoms with E-state index in [0.717, 1.165) is 58.1 Å². The third-order valence-corrected chi connectivity index (χ3v) is 4.73. The van der Waals surface area contributed by atoms with Crippen molar-refractivity contribution < 1.29 is 18.7 Å². The standard InChI is InChI=1S/C17H26N2O4/c1-2-14-3-4-16(23-14)17(20)18-11-15(13-5-8-22-12-13)19-6-9-21-10-7-19/h3-4,13,15H,2,5-12H2,1H3,(H,18,20)/t13-,15-/m0/s1. The zero-order chi connectivity index (χ0) is 16.1. The van der Waals surface area contributed by atoms with Crippen molar-refractivity contribution in [1.82, 2.24) is 10.2 Å². The normalized spacial score (nSPS) is 23.8. The van der Waals surface area contributed by atoms with Crippen LogP contribution >= 0.6 is 0 Å². The molecule has 0 saturated carbocycles. The topological polar surface area (TPSA) is 63.9 Å². The summed E-state index contributed by atoms with van der Waals surface area (Å²) in [6.07, 6.45) is 1.85. The maximum Gasteiger partial charge on any atom is 0.287 e. The number of carbonyl (C=O) groups is 1. The minimum Gasteiger partial charge on any atom is -0.456 e. The van der Waals surface area contributed by atoms with Gasteiger partial charge in [-0.1, -0.05) is 6.92 Å². The molecule has 1 N–H and O–H groups in total. The van der Waals surface area contributed by atoms with Gasteiger partial charge in [0, 0.05) is 44.6 Å². The molecule has 0 radical (unpaired) electrons. The van der Waals surface area contributed by atoms with E-state index in [0.29, 0.717) is 24.3 Å². The molecule has 6 nitrogen and oxygen atoms in total. The molecule has 0 spiro atoms. The third kappa shape index (κ3) is 4.13. The Balaban J connectivity index is 1.59. The Kier molecular flexibility index (Phi) is 5.70. The van der Waals surface area contributed by atoms with Crippen molar-refractivity contribution in [2.45, 2.75) is 25.8 Å². The zero-order valence-electron chi connectivity index (χ0n) is 13.8. The monoisotopic (exact) mass is 322 g/mol. The SMILES string of the molecule is CCc1ccc(C(=O)NC[C@@H]([C@H]2CCOC2)N2CCOCC2)o1. The number of rotatable bonds is 6. The van der Waals surface area contributed by atoms with Gasteiger partial charge in [0.15, 0.2) is 5.76 Å². The van der Waals surface area contributed by atoms with Crippen molar-refractivity contribution in [2.24, 2.45) is 5.92 Å². The largest absolute Gasteiger partial charge is 0.456 e. The minimum absolute atomic E-state index is 0.137. The van der Waals surface area contributed by atoms with Crippen LogP contribution in [-0.2, 0) is 15.9 Å². The van der Waals surface area contributed by atoms with Gasteiger partial charge in [-0.3, -0.25) is 9.69 Å². The quantitative estimate of drug-likeness (QED) is 0.855. The molecule has 23 heavy (non-hydrogen) atoms. The van der Waals surface area contributed by atoms with Crippen LogP contribution in [0.15, 0.2) is 16.5 Å². The Labute approximate surface area is 137 Å². The summed E-state index contributed by atoms with van der Waals surface area (Å²) >= 11 is 0. The summed E-state index contributed by atoms with van der Waals surface area (Å²) < 4.78 is 16.5. The van der Waals surface area contributed by atoms with Gasteiger partial charge in [0.1, 0.15) is 5.76 Å². The van der Waals surface area contributed by atoms with E-state index >= 15 is 0 Å². The first-order valence-electron chi connectivity index (χ1n) is 8.54. The molecule has 1 aromatic heterocycles. The summed E-state index contributed by atoms with van der Waals surface area (Å²) in [6.45, 7) is 7.57. The molecule has 0 aliphatic carbocycles. The Bertz CT molecular complexity index is 504. The Morgan fingerprint density at radius 3 is 2.78 bits per heavy atom. The van der Waals surface area contributed by atoms with Gasteiger partial charge in [0.25, 0.3) is 5.91 Å². The van der Waals surface area contributed by atoms with Crippen LogP contribution in [0.1, 0.15) is 29.7 Å². The van der Waals surface area contributed by atoms with Crippen LogP contribution < -0.4 is 5.32 Å². The van der Waals surface area contributed by atoms with Crippen LogP contribution in [0, 0.1) is 5.92 Å². The van der Waals surface area contributed by atoms with E-state index in [1.165, 1.54) is 0 Å². The average Bonchev–Trinajstić information content (AvgIpc) is 3.27. The van der Waals surface area contributed by atoms with Gasteiger partial charge in [-0.15, -0.1) is 0 Å². The number of aryl methyl sites for hydroxylation is 1. The molecule has 0 aromatic carbocycles. The van der Waals surface area contributed by atoms with E-state index in [-0.39, 0.29) is 5.91 Å². The Morgan fingerprint density at radius 2 is 2.13 bits per heavy atom. The van der Waals surface area contributed by atoms with Crippen LogP contribution in [0.2, 0.25) is 0 Å². The molecule has 0 bridgehead atoms. The first-order chi connectivity index (χ1) is 11.3. The first-order valence-corrected chi connectivity index (χ1v) is 8.54. The number of hydrogen-bond acceptors (Lipinski definition) is 5. The molecule has 3 heterocycles. The number of ether oxygens (including phenoxy) is 2. The summed E-state index contributed by atoms with van der Waals surface area (Å²) in [4.78, 5) is 14.7. The van der Waals surface area contributed by atoms with Crippen molar-refractivity contribution >= 4 is 5.91 Å². The molecule has 1 aromatic rings. The van der Waals surface area contributed by atoms with Gasteiger partial charge in [0.2, 0.25) is 0 Å². The smallest absolute Gasteiger partial charge is 0.287 e. The van der Waals surface area contributed by atoms with Crippen LogP contribution in [0.3, 0.4) is 0 Å². The van der Waals surface area contributed by atoms with E-state index in [1.807, 2.05) is 13.0 Å². The number of nitrogens with zero attached hydrogens (tertiary/aromatic N) is 1. The molecular formula is C17H26N2O4. The van der Waals surface area contributed by atoms with Gasteiger partial charge in [-0.05, 0) is 18.6 Å².